The molecule has 0 bridgehead atoms. The Kier molecular flexibility index (Phi) is 8.41. The smallest absolute Gasteiger partial charge is 0.160 e. The highest BCUT2D eigenvalue weighted by Gasteiger charge is 2.13. The molecule has 0 fully saturated rings. The number of aryl methyl sites for hydroxylation is 1. The first-order valence-corrected chi connectivity index (χ1v) is 20.2. The van der Waals surface area contributed by atoms with E-state index in [-0.39, 0.29) is 0 Å². The van der Waals surface area contributed by atoms with Crippen molar-refractivity contribution in [3.05, 3.63) is 218 Å². The predicted octanol–water partition coefficient (Wildman–Crippen LogP) is 15.4. The van der Waals surface area contributed by atoms with E-state index in [1.165, 1.54) is 76.5 Å². The maximum atomic E-state index is 5.04. The fraction of sp³-hybridized carbons (Fsp3) is 0.0175. The summed E-state index contributed by atoms with van der Waals surface area (Å²) in [7, 11) is 0. The third-order valence-corrected chi connectivity index (χ3v) is 11.7. The van der Waals surface area contributed by atoms with E-state index >= 15 is 0 Å². The van der Waals surface area contributed by atoms with Crippen LogP contribution in [0.25, 0.3) is 110 Å². The van der Waals surface area contributed by atoms with Gasteiger partial charge < -0.3 is 0 Å². The van der Waals surface area contributed by atoms with Crippen molar-refractivity contribution in [2.75, 3.05) is 0 Å². The van der Waals surface area contributed by atoms with E-state index in [0.29, 0.717) is 0 Å². The second-order valence-electron chi connectivity index (χ2n) is 15.5. The van der Waals surface area contributed by atoms with Gasteiger partial charge in [0.1, 0.15) is 0 Å². The molecule has 11 rings (SSSR count). The molecular weight excluding hydrogens is 713 g/mol. The number of aromatic nitrogens is 2. The van der Waals surface area contributed by atoms with Crippen LogP contribution >= 0.6 is 0 Å². The van der Waals surface area contributed by atoms with Crippen molar-refractivity contribution < 1.29 is 0 Å². The SMILES string of the molecule is Cc1cc(-c2ccc3ccc(-c4ccc(-c5cc(-c6ccccc6)nc(-c6ccccc6)n5)cc4)cc3c2)cc(-c2ccc3c4ccccc4c4ccccc4c3c2)c1. The van der Waals surface area contributed by atoms with E-state index in [9.17, 15) is 0 Å². The Labute approximate surface area is 343 Å². The van der Waals surface area contributed by atoms with Gasteiger partial charge in [-0.05, 0) is 119 Å². The lowest BCUT2D eigenvalue weighted by atomic mass is 9.90. The molecule has 2 heteroatoms. The van der Waals surface area contributed by atoms with Crippen LogP contribution in [0.3, 0.4) is 0 Å². The minimum atomic E-state index is 0.719. The van der Waals surface area contributed by atoms with Crippen LogP contribution in [0.5, 0.6) is 0 Å². The van der Waals surface area contributed by atoms with Crippen molar-refractivity contribution in [2.45, 2.75) is 6.92 Å². The minimum absolute atomic E-state index is 0.719. The monoisotopic (exact) mass is 750 g/mol. The number of rotatable bonds is 6. The van der Waals surface area contributed by atoms with Gasteiger partial charge in [-0.3, -0.25) is 0 Å². The van der Waals surface area contributed by atoms with Gasteiger partial charge in [-0.25, -0.2) is 9.97 Å². The number of fused-ring (bicyclic) bond motifs is 7. The second kappa shape index (κ2) is 14.4. The predicted molar refractivity (Wildman–Crippen MR) is 249 cm³/mol. The lowest BCUT2D eigenvalue weighted by Gasteiger charge is -2.13. The number of hydrogen-bond donors (Lipinski definition) is 0. The first kappa shape index (κ1) is 34.6. The van der Waals surface area contributed by atoms with Gasteiger partial charge in [0.25, 0.3) is 0 Å². The van der Waals surface area contributed by atoms with Crippen LogP contribution in [0.4, 0.5) is 0 Å². The highest BCUT2D eigenvalue weighted by atomic mass is 14.9. The van der Waals surface area contributed by atoms with E-state index < -0.39 is 0 Å². The number of nitrogens with zero attached hydrogens (tertiary/aromatic N) is 2. The van der Waals surface area contributed by atoms with Crippen LogP contribution in [0.1, 0.15) is 5.56 Å². The summed E-state index contributed by atoms with van der Waals surface area (Å²) in [5, 5.41) is 10.2. The third-order valence-electron chi connectivity index (χ3n) is 11.7. The average molecular weight is 751 g/mol. The molecule has 0 saturated carbocycles. The van der Waals surface area contributed by atoms with E-state index in [0.717, 1.165) is 39.5 Å². The first-order chi connectivity index (χ1) is 29.1. The molecule has 1 aromatic heterocycles. The van der Waals surface area contributed by atoms with Crippen molar-refractivity contribution in [3.8, 4) is 67.3 Å². The summed E-state index contributed by atoms with van der Waals surface area (Å²) in [5.74, 6) is 0.719. The second-order valence-corrected chi connectivity index (χ2v) is 15.5. The molecule has 0 amide bonds. The van der Waals surface area contributed by atoms with Crippen LogP contribution in [0.2, 0.25) is 0 Å². The van der Waals surface area contributed by atoms with Gasteiger partial charge in [-0.2, -0.15) is 0 Å². The molecular formula is C57H38N2. The van der Waals surface area contributed by atoms with Crippen LogP contribution in [-0.2, 0) is 0 Å². The van der Waals surface area contributed by atoms with Gasteiger partial charge in [-0.1, -0.05) is 182 Å². The summed E-state index contributed by atoms with van der Waals surface area (Å²) in [4.78, 5) is 10.0. The fourth-order valence-corrected chi connectivity index (χ4v) is 8.71. The molecule has 0 unspecified atom stereocenters. The van der Waals surface area contributed by atoms with Gasteiger partial charge in [0.15, 0.2) is 5.82 Å². The molecule has 1 heterocycles. The summed E-state index contributed by atoms with van der Waals surface area (Å²) in [5.41, 5.74) is 13.4. The van der Waals surface area contributed by atoms with Gasteiger partial charge >= 0.3 is 0 Å². The van der Waals surface area contributed by atoms with E-state index in [1.807, 2.05) is 36.4 Å². The quantitative estimate of drug-likeness (QED) is 0.158. The number of benzene rings is 10. The Morgan fingerprint density at radius 2 is 0.678 bits per heavy atom. The normalized spacial score (nSPS) is 11.5. The Hall–Kier alpha value is -7.68. The highest BCUT2D eigenvalue weighted by molar-refractivity contribution is 6.25. The fourth-order valence-electron chi connectivity index (χ4n) is 8.71. The molecule has 0 N–H and O–H groups in total. The number of hydrogen-bond acceptors (Lipinski definition) is 2. The molecule has 0 radical (unpaired) electrons. The summed E-state index contributed by atoms with van der Waals surface area (Å²) < 4.78 is 0. The molecule has 0 aliphatic rings. The largest absolute Gasteiger partial charge is 0.228 e. The van der Waals surface area contributed by atoms with E-state index in [1.54, 1.807) is 0 Å². The van der Waals surface area contributed by atoms with E-state index in [4.69, 9.17) is 9.97 Å². The zero-order valence-electron chi connectivity index (χ0n) is 32.6. The summed E-state index contributed by atoms with van der Waals surface area (Å²) in [6.07, 6.45) is 0. The maximum Gasteiger partial charge on any atom is 0.160 e. The highest BCUT2D eigenvalue weighted by Crippen LogP contribution is 2.39. The van der Waals surface area contributed by atoms with Crippen LogP contribution < -0.4 is 0 Å². The molecule has 0 aliphatic heterocycles. The Morgan fingerprint density at radius 3 is 1.27 bits per heavy atom. The minimum Gasteiger partial charge on any atom is -0.228 e. The van der Waals surface area contributed by atoms with Crippen molar-refractivity contribution >= 4 is 43.1 Å². The Morgan fingerprint density at radius 1 is 0.254 bits per heavy atom. The standard InChI is InChI=1S/C57H38N2/c1-37-30-46(34-47(31-37)45-28-29-53-51-18-9-8-16-49(51)50-17-10-11-19-52(50)54(53)35-45)44-27-23-39-22-26-43(32-48(39)33-44)38-20-24-41(25-21-38)56-36-55(40-12-4-2-5-13-40)58-57(59-56)42-14-6-3-7-15-42/h2-36H,1H3. The molecule has 11 aromatic rings. The third kappa shape index (κ3) is 6.42. The Balaban J connectivity index is 0.933. The van der Waals surface area contributed by atoms with Gasteiger partial charge in [-0.15, -0.1) is 0 Å². The average Bonchev–Trinajstić information content (AvgIpc) is 3.31. The van der Waals surface area contributed by atoms with Gasteiger partial charge in [0.05, 0.1) is 11.4 Å². The summed E-state index contributed by atoms with van der Waals surface area (Å²) >= 11 is 0. The van der Waals surface area contributed by atoms with Crippen molar-refractivity contribution in [1.29, 1.82) is 0 Å². The zero-order valence-corrected chi connectivity index (χ0v) is 32.6. The zero-order chi connectivity index (χ0) is 39.3. The molecule has 0 spiro atoms. The lowest BCUT2D eigenvalue weighted by Crippen LogP contribution is -1.95. The van der Waals surface area contributed by atoms with Crippen molar-refractivity contribution in [1.82, 2.24) is 9.97 Å². The molecule has 276 valence electrons. The summed E-state index contributed by atoms with van der Waals surface area (Å²) in [6, 6.07) is 76.5. The topological polar surface area (TPSA) is 25.8 Å². The van der Waals surface area contributed by atoms with Gasteiger partial charge in [0, 0.05) is 16.7 Å². The molecule has 2 nitrogen and oxygen atoms in total. The Bertz CT molecular complexity index is 3270. The maximum absolute atomic E-state index is 5.04. The molecule has 10 aromatic carbocycles. The molecule has 59 heavy (non-hydrogen) atoms. The lowest BCUT2D eigenvalue weighted by molar-refractivity contribution is 1.18. The molecule has 0 atom stereocenters. The van der Waals surface area contributed by atoms with Crippen molar-refractivity contribution in [3.63, 3.8) is 0 Å². The van der Waals surface area contributed by atoms with Crippen LogP contribution in [-0.4, -0.2) is 9.97 Å². The molecule has 0 saturated heterocycles. The summed E-state index contributed by atoms with van der Waals surface area (Å²) in [6.45, 7) is 2.20. The first-order valence-electron chi connectivity index (χ1n) is 20.2. The van der Waals surface area contributed by atoms with E-state index in [2.05, 4.69) is 183 Å². The van der Waals surface area contributed by atoms with Crippen LogP contribution in [0.15, 0.2) is 212 Å². The van der Waals surface area contributed by atoms with Crippen LogP contribution in [0, 0.1) is 6.92 Å². The van der Waals surface area contributed by atoms with Crippen molar-refractivity contribution in [2.24, 2.45) is 0 Å². The molecule has 0 aliphatic carbocycles. The van der Waals surface area contributed by atoms with Gasteiger partial charge in [0.2, 0.25) is 0 Å².